The van der Waals surface area contributed by atoms with Crippen LogP contribution >= 0.6 is 11.6 Å². The van der Waals surface area contributed by atoms with Gasteiger partial charge in [0, 0.05) is 39.6 Å². The van der Waals surface area contributed by atoms with E-state index in [1.807, 2.05) is 18.2 Å². The van der Waals surface area contributed by atoms with Crippen molar-refractivity contribution < 1.29 is 29.6 Å². The average molecular weight is 840 g/mol. The fraction of sp³-hybridized carbons (Fsp3) is 0.0213. The normalized spacial score (nSPS) is 12.0. The van der Waals surface area contributed by atoms with Crippen LogP contribution in [0.15, 0.2) is 166 Å². The number of nitro groups is 1. The van der Waals surface area contributed by atoms with Gasteiger partial charge in [-0.25, -0.2) is 0 Å². The molecule has 8 aromatic rings. The second-order valence-corrected chi connectivity index (χ2v) is 14.5. The predicted molar refractivity (Wildman–Crippen MR) is 236 cm³/mol. The zero-order valence-electron chi connectivity index (χ0n) is 32.1. The molecule has 0 fully saturated rings. The Balaban J connectivity index is 0.960. The minimum atomic E-state index is -0.587. The van der Waals surface area contributed by atoms with E-state index >= 15 is 0 Å². The first-order chi connectivity index (χ1) is 30.1. The van der Waals surface area contributed by atoms with Gasteiger partial charge in [-0.05, 0) is 76.5 Å². The van der Waals surface area contributed by atoms with Crippen LogP contribution in [0.25, 0.3) is 32.7 Å². The van der Waals surface area contributed by atoms with Crippen molar-refractivity contribution in [1.29, 1.82) is 0 Å². The number of fused-ring (bicyclic) bond motifs is 5. The summed E-state index contributed by atoms with van der Waals surface area (Å²) in [6.07, 6.45) is 0. The SMILES string of the molecule is O=C1c2cc(N=Nc3c(O)c(CONc4cccc([N+](=O)[O-])c4)cc4ccccc34)ccc2-c2ccc(N=Nc3c(O)c(C(=O)Nc4ccccc4Cl)cc4ccccc34)cc21. The monoisotopic (exact) mass is 839 g/mol. The summed E-state index contributed by atoms with van der Waals surface area (Å²) < 4.78 is 0. The first kappa shape index (κ1) is 39.1. The number of aromatic hydroxyl groups is 2. The number of anilines is 2. The summed E-state index contributed by atoms with van der Waals surface area (Å²) >= 11 is 6.26. The standard InChI is InChI=1S/C47H30ClN7O7/c48-40-14-5-6-15-41(40)49-47(59)39-21-27-9-2-4-13-34(27)43(46(39)58)53-51-30-17-19-36-35-18-16-29(23-37(35)45(57)38(36)24-30)50-52-42-33-12-3-1-8-26(33)20-28(44(42)56)25-62-54-31-10-7-11-32(22-31)55(60)61/h1-24,54,56,58H,25H2,(H,49,59). The Labute approximate surface area is 356 Å². The second kappa shape index (κ2) is 16.4. The average Bonchev–Trinajstić information content (AvgIpc) is 3.56. The first-order valence-corrected chi connectivity index (χ1v) is 19.3. The quantitative estimate of drug-likeness (QED) is 0.0559. The van der Waals surface area contributed by atoms with Crippen LogP contribution < -0.4 is 10.8 Å². The molecule has 1 amide bonds. The number of para-hydroxylation sites is 1. The van der Waals surface area contributed by atoms with Gasteiger partial charge in [-0.2, -0.15) is 10.2 Å². The maximum atomic E-state index is 13.9. The molecule has 0 heterocycles. The number of carbonyl (C=O) groups excluding carboxylic acids is 2. The van der Waals surface area contributed by atoms with Gasteiger partial charge in [-0.3, -0.25) is 30.0 Å². The number of non-ortho nitro benzene ring substituents is 1. The fourth-order valence-electron chi connectivity index (χ4n) is 7.20. The highest BCUT2D eigenvalue weighted by Gasteiger charge is 2.28. The largest absolute Gasteiger partial charge is 0.505 e. The highest BCUT2D eigenvalue weighted by Crippen LogP contribution is 2.44. The molecule has 0 saturated heterocycles. The molecule has 0 radical (unpaired) electrons. The first-order valence-electron chi connectivity index (χ1n) is 19.0. The molecule has 302 valence electrons. The second-order valence-electron chi connectivity index (χ2n) is 14.1. The summed E-state index contributed by atoms with van der Waals surface area (Å²) in [4.78, 5) is 43.5. The number of nitrogens with one attached hydrogen (secondary N) is 2. The van der Waals surface area contributed by atoms with Gasteiger partial charge < -0.3 is 15.5 Å². The van der Waals surface area contributed by atoms with Gasteiger partial charge in [0.15, 0.2) is 11.5 Å². The minimum Gasteiger partial charge on any atom is -0.505 e. The molecule has 14 nitrogen and oxygen atoms in total. The molecule has 0 aromatic heterocycles. The zero-order valence-corrected chi connectivity index (χ0v) is 32.9. The molecule has 8 aromatic carbocycles. The molecule has 0 unspecified atom stereocenters. The number of nitro benzene ring substituents is 1. The third kappa shape index (κ3) is 7.54. The van der Waals surface area contributed by atoms with Crippen LogP contribution in [0.5, 0.6) is 11.5 Å². The molecule has 0 saturated carbocycles. The van der Waals surface area contributed by atoms with Crippen molar-refractivity contribution in [3.05, 3.63) is 183 Å². The van der Waals surface area contributed by atoms with Gasteiger partial charge in [0.05, 0.1) is 38.3 Å². The highest BCUT2D eigenvalue weighted by atomic mass is 35.5. The van der Waals surface area contributed by atoms with Crippen LogP contribution in [0.3, 0.4) is 0 Å². The molecule has 0 atom stereocenters. The van der Waals surface area contributed by atoms with E-state index in [1.54, 1.807) is 109 Å². The van der Waals surface area contributed by atoms with Crippen molar-refractivity contribution in [2.24, 2.45) is 20.5 Å². The number of nitrogens with zero attached hydrogens (tertiary/aromatic N) is 5. The topological polar surface area (TPSA) is 200 Å². The molecular formula is C47H30ClN7O7. The molecule has 1 aliphatic carbocycles. The summed E-state index contributed by atoms with van der Waals surface area (Å²) in [6, 6.07) is 40.6. The smallest absolute Gasteiger partial charge is 0.271 e. The van der Waals surface area contributed by atoms with E-state index in [4.69, 9.17) is 16.4 Å². The molecule has 0 aliphatic heterocycles. The molecule has 0 spiro atoms. The number of hydrogen-bond acceptors (Lipinski definition) is 12. The number of ketones is 1. The van der Waals surface area contributed by atoms with Crippen LogP contribution in [-0.2, 0) is 11.4 Å². The fourth-order valence-corrected chi connectivity index (χ4v) is 7.39. The lowest BCUT2D eigenvalue weighted by molar-refractivity contribution is -0.384. The number of carbonyl (C=O) groups is 2. The van der Waals surface area contributed by atoms with Gasteiger partial charge in [-0.15, -0.1) is 10.2 Å². The van der Waals surface area contributed by atoms with Crippen molar-refractivity contribution >= 4 is 84.6 Å². The molecule has 1 aliphatic rings. The molecule has 9 rings (SSSR count). The van der Waals surface area contributed by atoms with E-state index in [0.717, 1.165) is 5.39 Å². The van der Waals surface area contributed by atoms with Gasteiger partial charge in [0.25, 0.3) is 11.6 Å². The van der Waals surface area contributed by atoms with E-state index in [-0.39, 0.29) is 46.5 Å². The van der Waals surface area contributed by atoms with E-state index in [0.29, 0.717) is 71.7 Å². The van der Waals surface area contributed by atoms with Crippen LogP contribution in [0, 0.1) is 10.1 Å². The Morgan fingerprint density at radius 1 is 0.661 bits per heavy atom. The van der Waals surface area contributed by atoms with E-state index in [9.17, 15) is 29.9 Å². The van der Waals surface area contributed by atoms with Crippen LogP contribution in [-0.4, -0.2) is 26.8 Å². The summed E-state index contributed by atoms with van der Waals surface area (Å²) in [5, 5.41) is 57.2. The molecule has 15 heteroatoms. The zero-order chi connectivity index (χ0) is 42.9. The van der Waals surface area contributed by atoms with Gasteiger partial charge >= 0.3 is 0 Å². The number of hydrogen-bond donors (Lipinski definition) is 4. The molecule has 4 N–H and O–H groups in total. The van der Waals surface area contributed by atoms with Crippen LogP contribution in [0.4, 0.5) is 39.8 Å². The third-order valence-corrected chi connectivity index (χ3v) is 10.6. The van der Waals surface area contributed by atoms with Crippen LogP contribution in [0.1, 0.15) is 31.8 Å². The number of rotatable bonds is 11. The summed E-state index contributed by atoms with van der Waals surface area (Å²) in [6.45, 7) is -0.110. The predicted octanol–water partition coefficient (Wildman–Crippen LogP) is 12.8. The lowest BCUT2D eigenvalue weighted by Crippen LogP contribution is -2.12. The van der Waals surface area contributed by atoms with Gasteiger partial charge in [0.2, 0.25) is 0 Å². The Morgan fingerprint density at radius 3 is 1.90 bits per heavy atom. The molecular weight excluding hydrogens is 810 g/mol. The lowest BCUT2D eigenvalue weighted by Gasteiger charge is -2.12. The number of azo groups is 2. The summed E-state index contributed by atoms with van der Waals surface area (Å²) in [5.74, 6) is -1.40. The number of phenolic OH excluding ortho intramolecular Hbond substituents is 2. The highest BCUT2D eigenvalue weighted by molar-refractivity contribution is 6.34. The Hall–Kier alpha value is -8.33. The van der Waals surface area contributed by atoms with Crippen molar-refractivity contribution in [3.8, 4) is 22.6 Å². The number of halogens is 1. The summed E-state index contributed by atoms with van der Waals surface area (Å²) in [7, 11) is 0. The molecule has 0 bridgehead atoms. The Morgan fingerprint density at radius 2 is 1.26 bits per heavy atom. The summed E-state index contributed by atoms with van der Waals surface area (Å²) in [5.41, 5.74) is 6.81. The van der Waals surface area contributed by atoms with Crippen molar-refractivity contribution in [2.75, 3.05) is 10.8 Å². The number of amides is 1. The Bertz CT molecular complexity index is 3230. The maximum Gasteiger partial charge on any atom is 0.271 e. The number of phenols is 2. The van der Waals surface area contributed by atoms with E-state index in [1.165, 1.54) is 18.2 Å². The van der Waals surface area contributed by atoms with Crippen molar-refractivity contribution in [3.63, 3.8) is 0 Å². The van der Waals surface area contributed by atoms with Crippen molar-refractivity contribution in [1.82, 2.24) is 0 Å². The van der Waals surface area contributed by atoms with Gasteiger partial charge in [-0.1, -0.05) is 90.5 Å². The van der Waals surface area contributed by atoms with Crippen LogP contribution in [0.2, 0.25) is 5.02 Å². The van der Waals surface area contributed by atoms with Gasteiger partial charge in [0.1, 0.15) is 23.7 Å². The van der Waals surface area contributed by atoms with E-state index < -0.39 is 10.8 Å². The maximum absolute atomic E-state index is 13.9. The number of benzene rings is 8. The lowest BCUT2D eigenvalue weighted by atomic mass is 10.0. The minimum absolute atomic E-state index is 0.0250. The van der Waals surface area contributed by atoms with Crippen molar-refractivity contribution in [2.45, 2.75) is 6.61 Å². The molecule has 62 heavy (non-hydrogen) atoms. The Kier molecular flexibility index (Phi) is 10.3. The van der Waals surface area contributed by atoms with E-state index in [2.05, 4.69) is 31.3 Å². The third-order valence-electron chi connectivity index (χ3n) is 10.2.